The topological polar surface area (TPSA) is 59.8 Å². The number of benzene rings is 2. The number of likely N-dealkylation sites (tertiary alicyclic amines) is 2. The molecule has 3 heterocycles. The van der Waals surface area contributed by atoms with Gasteiger partial charge in [-0.05, 0) is 69.6 Å². The highest BCUT2D eigenvalue weighted by atomic mass is 19.1. The van der Waals surface area contributed by atoms with E-state index in [4.69, 9.17) is 14.5 Å². The summed E-state index contributed by atoms with van der Waals surface area (Å²) in [4.78, 5) is 22.3. The Balaban J connectivity index is 1.45. The Labute approximate surface area is 205 Å². The van der Waals surface area contributed by atoms with Gasteiger partial charge in [0.15, 0.2) is 11.5 Å². The highest BCUT2D eigenvalue weighted by Crippen LogP contribution is 2.37. The van der Waals surface area contributed by atoms with Crippen LogP contribution in [0.2, 0.25) is 0 Å². The molecule has 1 aromatic heterocycles. The Bertz CT molecular complexity index is 1220. The number of halogens is 1. The molecular formula is C27H33FN4O3. The van der Waals surface area contributed by atoms with Gasteiger partial charge < -0.3 is 18.9 Å². The Morgan fingerprint density at radius 2 is 1.74 bits per heavy atom. The van der Waals surface area contributed by atoms with Crippen LogP contribution >= 0.6 is 0 Å². The lowest BCUT2D eigenvalue weighted by Gasteiger charge is -2.39. The molecule has 0 saturated carbocycles. The maximum atomic E-state index is 14.1. The number of amides is 1. The molecule has 7 nitrogen and oxygen atoms in total. The third kappa shape index (κ3) is 4.47. The standard InChI is InChI=1S/C27H33FN4O3/c1-30-13-5-4-6-23(30)27(33)31-14-11-20(12-15-31)32-22-9-8-19(28)17-21(22)29-26(32)18-7-10-24(34-2)25(16-18)35-3/h7-10,16-17,20,23H,4-6,11-15H2,1-3H3/t23-/m1/s1. The average Bonchev–Trinajstić information content (AvgIpc) is 3.26. The van der Waals surface area contributed by atoms with E-state index in [9.17, 15) is 9.18 Å². The monoisotopic (exact) mass is 480 g/mol. The summed E-state index contributed by atoms with van der Waals surface area (Å²) >= 11 is 0. The zero-order valence-corrected chi connectivity index (χ0v) is 20.7. The summed E-state index contributed by atoms with van der Waals surface area (Å²) in [6, 6.07) is 10.6. The number of carbonyl (C=O) groups excluding carboxylic acids is 1. The smallest absolute Gasteiger partial charge is 0.239 e. The number of hydrogen-bond donors (Lipinski definition) is 0. The summed E-state index contributed by atoms with van der Waals surface area (Å²) in [5, 5.41) is 0. The van der Waals surface area contributed by atoms with Gasteiger partial charge in [-0.3, -0.25) is 9.69 Å². The van der Waals surface area contributed by atoms with Gasteiger partial charge in [0.05, 0.1) is 31.3 Å². The number of ether oxygens (including phenoxy) is 2. The van der Waals surface area contributed by atoms with Gasteiger partial charge in [0.25, 0.3) is 0 Å². The molecule has 2 fully saturated rings. The highest BCUT2D eigenvalue weighted by Gasteiger charge is 2.33. The van der Waals surface area contributed by atoms with Crippen LogP contribution in [0.1, 0.15) is 38.1 Å². The number of imidazole rings is 1. The number of aromatic nitrogens is 2. The predicted octanol–water partition coefficient (Wildman–Crippen LogP) is 4.51. The lowest BCUT2D eigenvalue weighted by atomic mass is 9.98. The van der Waals surface area contributed by atoms with Gasteiger partial charge in [-0.15, -0.1) is 0 Å². The molecule has 5 rings (SSSR count). The Morgan fingerprint density at radius 1 is 0.971 bits per heavy atom. The fraction of sp³-hybridized carbons (Fsp3) is 0.481. The minimum Gasteiger partial charge on any atom is -0.493 e. The van der Waals surface area contributed by atoms with E-state index < -0.39 is 0 Å². The van der Waals surface area contributed by atoms with Gasteiger partial charge in [-0.2, -0.15) is 0 Å². The largest absolute Gasteiger partial charge is 0.493 e. The van der Waals surface area contributed by atoms with Crippen molar-refractivity contribution in [2.75, 3.05) is 40.9 Å². The van der Waals surface area contributed by atoms with Gasteiger partial charge in [-0.1, -0.05) is 6.42 Å². The van der Waals surface area contributed by atoms with E-state index in [0.29, 0.717) is 30.1 Å². The van der Waals surface area contributed by atoms with Gasteiger partial charge in [0.2, 0.25) is 5.91 Å². The van der Waals surface area contributed by atoms with Crippen molar-refractivity contribution in [3.63, 3.8) is 0 Å². The van der Waals surface area contributed by atoms with Gasteiger partial charge in [0, 0.05) is 30.8 Å². The Morgan fingerprint density at radius 3 is 2.46 bits per heavy atom. The van der Waals surface area contributed by atoms with Gasteiger partial charge >= 0.3 is 0 Å². The number of nitrogens with zero attached hydrogens (tertiary/aromatic N) is 4. The van der Waals surface area contributed by atoms with Crippen LogP contribution in [-0.4, -0.2) is 72.2 Å². The molecule has 2 aliphatic heterocycles. The van der Waals surface area contributed by atoms with Crippen molar-refractivity contribution in [2.45, 2.75) is 44.2 Å². The first-order valence-electron chi connectivity index (χ1n) is 12.4. The number of methoxy groups -OCH3 is 2. The molecule has 3 aromatic rings. The molecular weight excluding hydrogens is 447 g/mol. The van der Waals surface area contributed by atoms with Crippen LogP contribution in [0.4, 0.5) is 4.39 Å². The van der Waals surface area contributed by atoms with Crippen LogP contribution < -0.4 is 9.47 Å². The maximum Gasteiger partial charge on any atom is 0.239 e. The normalized spacial score (nSPS) is 19.8. The first-order valence-corrected chi connectivity index (χ1v) is 12.4. The second kappa shape index (κ2) is 9.85. The minimum absolute atomic E-state index is 0.000301. The van der Waals surface area contributed by atoms with Crippen LogP contribution in [0.3, 0.4) is 0 Å². The molecule has 0 radical (unpaired) electrons. The number of hydrogen-bond acceptors (Lipinski definition) is 5. The first kappa shape index (κ1) is 23.6. The van der Waals surface area contributed by atoms with Crippen molar-refractivity contribution in [1.82, 2.24) is 19.4 Å². The van der Waals surface area contributed by atoms with E-state index in [1.54, 1.807) is 20.3 Å². The molecule has 0 unspecified atom stereocenters. The summed E-state index contributed by atoms with van der Waals surface area (Å²) in [7, 11) is 5.27. The van der Waals surface area contributed by atoms with Crippen LogP contribution in [0.25, 0.3) is 22.4 Å². The summed E-state index contributed by atoms with van der Waals surface area (Å²) < 4.78 is 27.2. The van der Waals surface area contributed by atoms with E-state index in [1.165, 1.54) is 12.1 Å². The van der Waals surface area contributed by atoms with Crippen molar-refractivity contribution in [3.8, 4) is 22.9 Å². The lowest BCUT2D eigenvalue weighted by molar-refractivity contribution is -0.139. The van der Waals surface area contributed by atoms with E-state index in [0.717, 1.165) is 55.6 Å². The number of piperidine rings is 2. The fourth-order valence-electron chi connectivity index (χ4n) is 5.56. The molecule has 2 saturated heterocycles. The van der Waals surface area contributed by atoms with Crippen LogP contribution in [0.5, 0.6) is 11.5 Å². The lowest BCUT2D eigenvalue weighted by Crippen LogP contribution is -2.51. The molecule has 1 amide bonds. The van der Waals surface area contributed by atoms with Crippen LogP contribution in [0.15, 0.2) is 36.4 Å². The van der Waals surface area contributed by atoms with Crippen molar-refractivity contribution < 1.29 is 18.7 Å². The van der Waals surface area contributed by atoms with E-state index >= 15 is 0 Å². The SMILES string of the molecule is COc1ccc(-c2nc3cc(F)ccc3n2C2CCN(C(=O)[C@H]3CCCCN3C)CC2)cc1OC. The summed E-state index contributed by atoms with van der Waals surface area (Å²) in [6.07, 6.45) is 4.87. The van der Waals surface area contributed by atoms with Gasteiger partial charge in [-0.25, -0.2) is 9.37 Å². The van der Waals surface area contributed by atoms with Crippen LogP contribution in [-0.2, 0) is 4.79 Å². The van der Waals surface area contributed by atoms with Crippen molar-refractivity contribution in [3.05, 3.63) is 42.2 Å². The minimum atomic E-state index is -0.307. The van der Waals surface area contributed by atoms with E-state index in [-0.39, 0.29) is 23.8 Å². The molecule has 1 atom stereocenters. The molecule has 8 heteroatoms. The number of carbonyl (C=O) groups is 1. The number of likely N-dealkylation sites (N-methyl/N-ethyl adjacent to an activating group) is 1. The van der Waals surface area contributed by atoms with Crippen molar-refractivity contribution >= 4 is 16.9 Å². The third-order valence-electron chi connectivity index (χ3n) is 7.49. The summed E-state index contributed by atoms with van der Waals surface area (Å²) in [5.41, 5.74) is 2.40. The summed E-state index contributed by atoms with van der Waals surface area (Å²) in [6.45, 7) is 2.40. The molecule has 0 bridgehead atoms. The molecule has 0 N–H and O–H groups in total. The number of fused-ring (bicyclic) bond motifs is 1. The molecule has 35 heavy (non-hydrogen) atoms. The van der Waals surface area contributed by atoms with Crippen LogP contribution in [0, 0.1) is 5.82 Å². The molecule has 186 valence electrons. The highest BCUT2D eigenvalue weighted by molar-refractivity contribution is 5.83. The Hall–Kier alpha value is -3.13. The van der Waals surface area contributed by atoms with Crippen molar-refractivity contribution in [1.29, 1.82) is 0 Å². The zero-order valence-electron chi connectivity index (χ0n) is 20.7. The summed E-state index contributed by atoms with van der Waals surface area (Å²) in [5.74, 6) is 1.97. The van der Waals surface area contributed by atoms with Crippen molar-refractivity contribution in [2.24, 2.45) is 0 Å². The molecule has 0 spiro atoms. The Kier molecular flexibility index (Phi) is 6.65. The fourth-order valence-corrected chi connectivity index (χ4v) is 5.56. The maximum absolute atomic E-state index is 14.1. The molecule has 2 aliphatic rings. The second-order valence-electron chi connectivity index (χ2n) is 9.56. The number of rotatable bonds is 5. The second-order valence-corrected chi connectivity index (χ2v) is 9.56. The average molecular weight is 481 g/mol. The quantitative estimate of drug-likeness (QED) is 0.538. The molecule has 0 aliphatic carbocycles. The van der Waals surface area contributed by atoms with E-state index in [1.807, 2.05) is 23.1 Å². The molecule has 2 aromatic carbocycles. The zero-order chi connectivity index (χ0) is 24.5. The predicted molar refractivity (Wildman–Crippen MR) is 133 cm³/mol. The van der Waals surface area contributed by atoms with Gasteiger partial charge in [0.1, 0.15) is 11.6 Å². The first-order chi connectivity index (χ1) is 17.0. The van der Waals surface area contributed by atoms with E-state index in [2.05, 4.69) is 16.5 Å². The third-order valence-corrected chi connectivity index (χ3v) is 7.49.